The van der Waals surface area contributed by atoms with E-state index in [2.05, 4.69) is 5.32 Å². The van der Waals surface area contributed by atoms with Crippen molar-refractivity contribution in [3.63, 3.8) is 0 Å². The van der Waals surface area contributed by atoms with Crippen molar-refractivity contribution >= 4 is 28.4 Å². The molecule has 0 radical (unpaired) electrons. The number of rotatable bonds is 5. The van der Waals surface area contributed by atoms with Gasteiger partial charge in [-0.2, -0.15) is 11.8 Å². The van der Waals surface area contributed by atoms with E-state index in [0.717, 1.165) is 10.8 Å². The lowest BCUT2D eigenvalue weighted by atomic mass is 10.0. The fourth-order valence-corrected chi connectivity index (χ4v) is 2.88. The lowest BCUT2D eigenvalue weighted by Crippen LogP contribution is -2.42. The largest absolute Gasteiger partial charge is 0.387 e. The summed E-state index contributed by atoms with van der Waals surface area (Å²) in [6.07, 6.45) is 1.93. The van der Waals surface area contributed by atoms with Crippen LogP contribution in [0, 0.1) is 0 Å². The number of amides is 1. The molecule has 0 heterocycles. The molecule has 2 N–H and O–H groups in total. The minimum atomic E-state index is -0.889. The van der Waals surface area contributed by atoms with E-state index in [1.165, 1.54) is 0 Å². The molecule has 2 rings (SSSR count). The summed E-state index contributed by atoms with van der Waals surface area (Å²) in [5, 5.41) is 14.9. The fourth-order valence-electron chi connectivity index (χ4n) is 2.15. The van der Waals surface area contributed by atoms with Crippen LogP contribution in [0.5, 0.6) is 0 Å². The highest BCUT2D eigenvalue weighted by Gasteiger charge is 2.21. The van der Waals surface area contributed by atoms with Crippen molar-refractivity contribution in [1.82, 2.24) is 5.32 Å². The average molecular weight is 289 g/mol. The second-order valence-electron chi connectivity index (χ2n) is 5.14. The van der Waals surface area contributed by atoms with Crippen molar-refractivity contribution in [3.8, 4) is 0 Å². The van der Waals surface area contributed by atoms with Crippen molar-refractivity contribution in [1.29, 1.82) is 0 Å². The molecule has 0 bridgehead atoms. The summed E-state index contributed by atoms with van der Waals surface area (Å²) in [6, 6.07) is 13.4. The zero-order valence-electron chi connectivity index (χ0n) is 11.7. The first kappa shape index (κ1) is 14.9. The van der Waals surface area contributed by atoms with Gasteiger partial charge in [0.05, 0.1) is 5.60 Å². The van der Waals surface area contributed by atoms with E-state index >= 15 is 0 Å². The summed E-state index contributed by atoms with van der Waals surface area (Å²) in [5.74, 6) is 0.436. The van der Waals surface area contributed by atoms with E-state index in [0.29, 0.717) is 11.3 Å². The highest BCUT2D eigenvalue weighted by molar-refractivity contribution is 7.98. The van der Waals surface area contributed by atoms with Gasteiger partial charge in [-0.3, -0.25) is 4.79 Å². The molecule has 20 heavy (non-hydrogen) atoms. The predicted molar refractivity (Wildman–Crippen MR) is 85.3 cm³/mol. The number of thioether (sulfide) groups is 1. The monoisotopic (exact) mass is 289 g/mol. The van der Waals surface area contributed by atoms with Crippen LogP contribution in [0.3, 0.4) is 0 Å². The standard InChI is InChI=1S/C16H19NO2S/c1-16(19,11-20-2)10-17-15(18)14-9-5-7-12-6-3-4-8-13(12)14/h3-9,19H,10-11H2,1-2H3,(H,17,18)/t16-/m0/s1. The summed E-state index contributed by atoms with van der Waals surface area (Å²) in [4.78, 5) is 12.3. The number of nitrogens with one attached hydrogen (secondary N) is 1. The third-order valence-corrected chi connectivity index (χ3v) is 4.03. The second kappa shape index (κ2) is 6.29. The molecule has 3 nitrogen and oxygen atoms in total. The summed E-state index contributed by atoms with van der Waals surface area (Å²) in [7, 11) is 0. The lowest BCUT2D eigenvalue weighted by Gasteiger charge is -2.22. The lowest BCUT2D eigenvalue weighted by molar-refractivity contribution is 0.0726. The van der Waals surface area contributed by atoms with Gasteiger partial charge in [-0.05, 0) is 30.0 Å². The summed E-state index contributed by atoms with van der Waals surface area (Å²) in [6.45, 7) is 1.97. The zero-order chi connectivity index (χ0) is 14.6. The van der Waals surface area contributed by atoms with Crippen LogP contribution in [-0.2, 0) is 0 Å². The van der Waals surface area contributed by atoms with Gasteiger partial charge in [-0.25, -0.2) is 0 Å². The Morgan fingerprint density at radius 3 is 2.70 bits per heavy atom. The van der Waals surface area contributed by atoms with Gasteiger partial charge in [0, 0.05) is 17.9 Å². The maximum absolute atomic E-state index is 12.3. The molecule has 0 spiro atoms. The van der Waals surface area contributed by atoms with Gasteiger partial charge in [0.1, 0.15) is 0 Å². The number of carbonyl (C=O) groups is 1. The Kier molecular flexibility index (Phi) is 4.68. The average Bonchev–Trinajstić information content (AvgIpc) is 2.44. The highest BCUT2D eigenvalue weighted by atomic mass is 32.2. The molecule has 1 atom stereocenters. The summed E-state index contributed by atoms with van der Waals surface area (Å²) >= 11 is 1.56. The Labute approximate surface area is 123 Å². The van der Waals surface area contributed by atoms with E-state index in [1.807, 2.05) is 42.7 Å². The quantitative estimate of drug-likeness (QED) is 0.889. The van der Waals surface area contributed by atoms with Gasteiger partial charge < -0.3 is 10.4 Å². The molecule has 0 aromatic heterocycles. The molecule has 0 saturated heterocycles. The van der Waals surface area contributed by atoms with Crippen molar-refractivity contribution < 1.29 is 9.90 Å². The van der Waals surface area contributed by atoms with Gasteiger partial charge in [-0.1, -0.05) is 36.4 Å². The number of carbonyl (C=O) groups excluding carboxylic acids is 1. The highest BCUT2D eigenvalue weighted by Crippen LogP contribution is 2.18. The molecule has 0 aliphatic carbocycles. The number of benzene rings is 2. The first-order valence-corrected chi connectivity index (χ1v) is 7.90. The topological polar surface area (TPSA) is 49.3 Å². The van der Waals surface area contributed by atoms with Crippen LogP contribution < -0.4 is 5.32 Å². The molecule has 106 valence electrons. The van der Waals surface area contributed by atoms with Crippen LogP contribution in [-0.4, -0.2) is 35.2 Å². The summed E-state index contributed by atoms with van der Waals surface area (Å²) < 4.78 is 0. The van der Waals surface area contributed by atoms with Crippen molar-refractivity contribution in [2.75, 3.05) is 18.6 Å². The van der Waals surface area contributed by atoms with Crippen LogP contribution in [0.2, 0.25) is 0 Å². The molecule has 4 heteroatoms. The van der Waals surface area contributed by atoms with Crippen LogP contribution >= 0.6 is 11.8 Å². The third kappa shape index (κ3) is 3.52. The van der Waals surface area contributed by atoms with Crippen LogP contribution in [0.25, 0.3) is 10.8 Å². The Morgan fingerprint density at radius 2 is 1.95 bits per heavy atom. The van der Waals surface area contributed by atoms with Crippen LogP contribution in [0.15, 0.2) is 42.5 Å². The van der Waals surface area contributed by atoms with E-state index in [1.54, 1.807) is 24.8 Å². The van der Waals surface area contributed by atoms with E-state index in [9.17, 15) is 9.90 Å². The number of fused-ring (bicyclic) bond motifs is 1. The normalized spacial score (nSPS) is 13.9. The van der Waals surface area contributed by atoms with Gasteiger partial charge in [0.15, 0.2) is 0 Å². The molecule has 0 fully saturated rings. The Balaban J connectivity index is 2.16. The smallest absolute Gasteiger partial charge is 0.252 e. The van der Waals surface area contributed by atoms with E-state index in [4.69, 9.17) is 0 Å². The van der Waals surface area contributed by atoms with Gasteiger partial charge >= 0.3 is 0 Å². The third-order valence-electron chi connectivity index (χ3n) is 3.12. The first-order chi connectivity index (χ1) is 9.53. The Hall–Kier alpha value is -1.52. The molecule has 2 aromatic rings. The Morgan fingerprint density at radius 1 is 1.25 bits per heavy atom. The van der Waals surface area contributed by atoms with E-state index in [-0.39, 0.29) is 12.5 Å². The molecular weight excluding hydrogens is 270 g/mol. The molecule has 0 aliphatic heterocycles. The predicted octanol–water partition coefficient (Wildman–Crippen LogP) is 2.68. The van der Waals surface area contributed by atoms with Crippen LogP contribution in [0.4, 0.5) is 0 Å². The summed E-state index contributed by atoms with van der Waals surface area (Å²) in [5.41, 5.74) is -0.248. The minimum Gasteiger partial charge on any atom is -0.387 e. The van der Waals surface area contributed by atoms with Crippen molar-refractivity contribution in [2.45, 2.75) is 12.5 Å². The second-order valence-corrected chi connectivity index (χ2v) is 6.01. The molecule has 0 unspecified atom stereocenters. The molecule has 2 aromatic carbocycles. The van der Waals surface area contributed by atoms with Gasteiger partial charge in [0.2, 0.25) is 0 Å². The van der Waals surface area contributed by atoms with Crippen molar-refractivity contribution in [3.05, 3.63) is 48.0 Å². The first-order valence-electron chi connectivity index (χ1n) is 6.51. The SMILES string of the molecule is CSC[C@@](C)(O)CNC(=O)c1cccc2ccccc12. The number of hydrogen-bond donors (Lipinski definition) is 2. The number of aliphatic hydroxyl groups is 1. The molecule has 1 amide bonds. The van der Waals surface area contributed by atoms with Gasteiger partial charge in [0.25, 0.3) is 5.91 Å². The molecular formula is C16H19NO2S. The maximum atomic E-state index is 12.3. The Bertz CT molecular complexity index is 605. The van der Waals surface area contributed by atoms with Crippen LogP contribution in [0.1, 0.15) is 17.3 Å². The molecule has 0 aliphatic rings. The van der Waals surface area contributed by atoms with Gasteiger partial charge in [-0.15, -0.1) is 0 Å². The molecule has 0 saturated carbocycles. The maximum Gasteiger partial charge on any atom is 0.252 e. The van der Waals surface area contributed by atoms with Crippen molar-refractivity contribution in [2.24, 2.45) is 0 Å². The minimum absolute atomic E-state index is 0.150. The zero-order valence-corrected chi connectivity index (χ0v) is 12.5. The number of hydrogen-bond acceptors (Lipinski definition) is 3. The van der Waals surface area contributed by atoms with E-state index < -0.39 is 5.60 Å². The fraction of sp³-hybridized carbons (Fsp3) is 0.312.